The summed E-state index contributed by atoms with van der Waals surface area (Å²) in [5.74, 6) is -0.0336. The first-order valence-corrected chi connectivity index (χ1v) is 11.8. The van der Waals surface area contributed by atoms with Crippen LogP contribution >= 0.6 is 11.3 Å². The summed E-state index contributed by atoms with van der Waals surface area (Å²) < 4.78 is 13.0. The number of hydrogen-bond acceptors (Lipinski definition) is 5. The van der Waals surface area contributed by atoms with E-state index in [1.165, 1.54) is 17.0 Å². The third-order valence-corrected chi connectivity index (χ3v) is 7.22. The van der Waals surface area contributed by atoms with Gasteiger partial charge in [0, 0.05) is 49.4 Å². The van der Waals surface area contributed by atoms with Gasteiger partial charge in [-0.05, 0) is 37.0 Å². The summed E-state index contributed by atoms with van der Waals surface area (Å²) in [5.41, 5.74) is 2.00. The van der Waals surface area contributed by atoms with E-state index >= 15 is 0 Å². The number of aryl methyl sites for hydroxylation is 1. The molecule has 1 fully saturated rings. The summed E-state index contributed by atoms with van der Waals surface area (Å²) in [4.78, 5) is 35.1. The van der Waals surface area contributed by atoms with E-state index in [9.17, 15) is 14.0 Å². The fourth-order valence-electron chi connectivity index (χ4n) is 4.14. The highest BCUT2D eigenvalue weighted by Crippen LogP contribution is 2.34. The van der Waals surface area contributed by atoms with Crippen molar-refractivity contribution >= 4 is 28.3 Å². The third kappa shape index (κ3) is 5.06. The van der Waals surface area contributed by atoms with Crippen molar-refractivity contribution in [1.29, 1.82) is 0 Å². The van der Waals surface area contributed by atoms with E-state index in [1.54, 1.807) is 23.5 Å². The Labute approximate surface area is 186 Å². The molecule has 1 atom stereocenters. The number of halogens is 1. The number of carbonyl (C=O) groups excluding carboxylic acids is 2. The zero-order chi connectivity index (χ0) is 22.0. The first-order chi connectivity index (χ1) is 14.9. The maximum absolute atomic E-state index is 13.0. The molecule has 166 valence electrons. The van der Waals surface area contributed by atoms with Crippen LogP contribution in [-0.2, 0) is 29.0 Å². The lowest BCUT2D eigenvalue weighted by molar-refractivity contribution is -0.134. The molecular formula is C23H29FN4O2S. The number of nitrogens with zero attached hydrogens (tertiary/aromatic N) is 3. The molecule has 1 aliphatic heterocycles. The Bertz CT molecular complexity index is 936. The number of piperazine rings is 1. The lowest BCUT2D eigenvalue weighted by Gasteiger charge is -2.35. The Balaban J connectivity index is 1.32. The predicted octanol–water partition coefficient (Wildman–Crippen LogP) is 3.01. The zero-order valence-corrected chi connectivity index (χ0v) is 18.9. The molecule has 4 rings (SSSR count). The molecule has 6 nitrogen and oxygen atoms in total. The van der Waals surface area contributed by atoms with Crippen LogP contribution in [0.25, 0.3) is 0 Å². The van der Waals surface area contributed by atoms with E-state index in [0.717, 1.165) is 55.4 Å². The monoisotopic (exact) mass is 444 g/mol. The molecule has 0 unspecified atom stereocenters. The van der Waals surface area contributed by atoms with Gasteiger partial charge in [-0.1, -0.05) is 26.0 Å². The standard InChI is InChI=1S/C23H29FN4O2S/c1-15(2)22(30)27-9-11-28(12-10-27)23-26-19-8-5-17(13-20(19)31-23)21(29)25-14-16-3-6-18(24)7-4-16/h3-4,6-7,15,17H,5,8-14H2,1-2H3,(H,25,29)/t17-/m0/s1. The molecule has 2 amide bonds. The summed E-state index contributed by atoms with van der Waals surface area (Å²) in [5, 5.41) is 4.00. The van der Waals surface area contributed by atoms with Crippen LogP contribution in [0, 0.1) is 17.7 Å². The van der Waals surface area contributed by atoms with Crippen molar-refractivity contribution in [3.63, 3.8) is 0 Å². The average Bonchev–Trinajstić information content (AvgIpc) is 3.21. The largest absolute Gasteiger partial charge is 0.352 e. The summed E-state index contributed by atoms with van der Waals surface area (Å²) in [6, 6.07) is 6.20. The average molecular weight is 445 g/mol. The highest BCUT2D eigenvalue weighted by Gasteiger charge is 2.30. The number of nitrogens with one attached hydrogen (secondary N) is 1. The summed E-state index contributed by atoms with van der Waals surface area (Å²) in [6.07, 6.45) is 2.32. The van der Waals surface area contributed by atoms with E-state index in [2.05, 4.69) is 10.2 Å². The summed E-state index contributed by atoms with van der Waals surface area (Å²) >= 11 is 1.68. The third-order valence-electron chi connectivity index (χ3n) is 6.03. The molecule has 2 heterocycles. The fraction of sp³-hybridized carbons (Fsp3) is 0.522. The van der Waals surface area contributed by atoms with Crippen molar-refractivity contribution in [2.24, 2.45) is 11.8 Å². The number of carbonyl (C=O) groups is 2. The number of anilines is 1. The van der Waals surface area contributed by atoms with Crippen molar-refractivity contribution in [2.45, 2.75) is 39.7 Å². The molecule has 1 aliphatic carbocycles. The van der Waals surface area contributed by atoms with Gasteiger partial charge < -0.3 is 15.1 Å². The Kier molecular flexibility index (Phi) is 6.55. The highest BCUT2D eigenvalue weighted by atomic mass is 32.1. The molecule has 1 N–H and O–H groups in total. The van der Waals surface area contributed by atoms with Gasteiger partial charge in [0.25, 0.3) is 0 Å². The molecular weight excluding hydrogens is 415 g/mol. The molecule has 1 saturated heterocycles. The Morgan fingerprint density at radius 2 is 1.90 bits per heavy atom. The van der Waals surface area contributed by atoms with Gasteiger partial charge in [-0.2, -0.15) is 0 Å². The van der Waals surface area contributed by atoms with Crippen molar-refractivity contribution in [1.82, 2.24) is 15.2 Å². The molecule has 0 spiro atoms. The van der Waals surface area contributed by atoms with Crippen LogP contribution < -0.4 is 10.2 Å². The van der Waals surface area contributed by atoms with E-state index in [1.807, 2.05) is 18.7 Å². The highest BCUT2D eigenvalue weighted by molar-refractivity contribution is 7.15. The molecule has 2 aliphatic rings. The van der Waals surface area contributed by atoms with Crippen molar-refractivity contribution < 1.29 is 14.0 Å². The quantitative estimate of drug-likeness (QED) is 0.770. The smallest absolute Gasteiger partial charge is 0.225 e. The number of aromatic nitrogens is 1. The zero-order valence-electron chi connectivity index (χ0n) is 18.1. The van der Waals surface area contributed by atoms with Gasteiger partial charge in [0.1, 0.15) is 5.82 Å². The van der Waals surface area contributed by atoms with Gasteiger partial charge in [-0.25, -0.2) is 9.37 Å². The van der Waals surface area contributed by atoms with Crippen LogP contribution in [0.5, 0.6) is 0 Å². The van der Waals surface area contributed by atoms with Gasteiger partial charge in [0.05, 0.1) is 5.69 Å². The van der Waals surface area contributed by atoms with Gasteiger partial charge >= 0.3 is 0 Å². The van der Waals surface area contributed by atoms with Gasteiger partial charge in [-0.15, -0.1) is 11.3 Å². The maximum atomic E-state index is 13.0. The lowest BCUT2D eigenvalue weighted by Crippen LogP contribution is -2.49. The van der Waals surface area contributed by atoms with E-state index in [4.69, 9.17) is 4.98 Å². The number of thiazole rings is 1. The second-order valence-corrected chi connectivity index (χ2v) is 9.68. The topological polar surface area (TPSA) is 65.5 Å². The molecule has 0 radical (unpaired) electrons. The SMILES string of the molecule is CC(C)C(=O)N1CCN(c2nc3c(s2)C[C@@H](C(=O)NCc2ccc(F)cc2)CC3)CC1. The Morgan fingerprint density at radius 3 is 2.58 bits per heavy atom. The first-order valence-electron chi connectivity index (χ1n) is 10.9. The van der Waals surface area contributed by atoms with E-state index in [0.29, 0.717) is 13.0 Å². The normalized spacial score (nSPS) is 18.8. The van der Waals surface area contributed by atoms with Gasteiger partial charge in [0.2, 0.25) is 11.8 Å². The van der Waals surface area contributed by atoms with Crippen LogP contribution in [0.3, 0.4) is 0 Å². The maximum Gasteiger partial charge on any atom is 0.225 e. The number of rotatable bonds is 5. The summed E-state index contributed by atoms with van der Waals surface area (Å²) in [6.45, 7) is 7.35. The first kappa shape index (κ1) is 21.7. The molecule has 2 aromatic rings. The number of benzene rings is 1. The molecule has 31 heavy (non-hydrogen) atoms. The second kappa shape index (κ2) is 9.34. The lowest BCUT2D eigenvalue weighted by atomic mass is 9.90. The Morgan fingerprint density at radius 1 is 1.19 bits per heavy atom. The Hall–Kier alpha value is -2.48. The van der Waals surface area contributed by atoms with Crippen LogP contribution in [-0.4, -0.2) is 47.9 Å². The van der Waals surface area contributed by atoms with Crippen LogP contribution in [0.4, 0.5) is 9.52 Å². The van der Waals surface area contributed by atoms with Crippen LogP contribution in [0.2, 0.25) is 0 Å². The van der Waals surface area contributed by atoms with Crippen molar-refractivity contribution in [2.75, 3.05) is 31.1 Å². The summed E-state index contributed by atoms with van der Waals surface area (Å²) in [7, 11) is 0. The molecule has 0 bridgehead atoms. The van der Waals surface area contributed by atoms with Gasteiger partial charge in [0.15, 0.2) is 5.13 Å². The molecule has 1 aromatic carbocycles. The van der Waals surface area contributed by atoms with Crippen molar-refractivity contribution in [3.8, 4) is 0 Å². The number of hydrogen-bond donors (Lipinski definition) is 1. The second-order valence-electron chi connectivity index (χ2n) is 8.62. The number of amides is 2. The van der Waals surface area contributed by atoms with Gasteiger partial charge in [-0.3, -0.25) is 9.59 Å². The van der Waals surface area contributed by atoms with E-state index < -0.39 is 0 Å². The minimum absolute atomic E-state index is 0.0323. The molecule has 1 aromatic heterocycles. The minimum atomic E-state index is -0.274. The van der Waals surface area contributed by atoms with Crippen LogP contribution in [0.15, 0.2) is 24.3 Å². The fourth-order valence-corrected chi connectivity index (χ4v) is 5.38. The minimum Gasteiger partial charge on any atom is -0.352 e. The van der Waals surface area contributed by atoms with Crippen molar-refractivity contribution in [3.05, 3.63) is 46.2 Å². The molecule has 8 heteroatoms. The molecule has 0 saturated carbocycles. The number of fused-ring (bicyclic) bond motifs is 1. The van der Waals surface area contributed by atoms with E-state index in [-0.39, 0.29) is 29.5 Å². The van der Waals surface area contributed by atoms with Crippen LogP contribution in [0.1, 0.15) is 36.4 Å². The predicted molar refractivity (Wildman–Crippen MR) is 120 cm³/mol.